The van der Waals surface area contributed by atoms with E-state index in [1.165, 1.54) is 0 Å². The highest BCUT2D eigenvalue weighted by atomic mass is 16.7. The molecular formula is C9H10N2O2. The zero-order valence-corrected chi connectivity index (χ0v) is 7.12. The lowest BCUT2D eigenvalue weighted by Crippen LogP contribution is -2.26. The summed E-state index contributed by atoms with van der Waals surface area (Å²) in [6.45, 7) is 1.08. The molecule has 1 fully saturated rings. The van der Waals surface area contributed by atoms with Gasteiger partial charge < -0.3 is 14.5 Å². The summed E-state index contributed by atoms with van der Waals surface area (Å²) < 4.78 is 10.9. The molecular weight excluding hydrogens is 168 g/mol. The predicted molar refractivity (Wildman–Crippen MR) is 44.6 cm³/mol. The Kier molecular flexibility index (Phi) is 2.05. The summed E-state index contributed by atoms with van der Waals surface area (Å²) in [5.41, 5.74) is 0.812. The van der Waals surface area contributed by atoms with Gasteiger partial charge in [0.05, 0.1) is 31.4 Å². The fourth-order valence-corrected chi connectivity index (χ4v) is 1.48. The van der Waals surface area contributed by atoms with E-state index < -0.39 is 5.79 Å². The minimum Gasteiger partial charge on any atom is -0.361 e. The van der Waals surface area contributed by atoms with Crippen molar-refractivity contribution in [3.05, 3.63) is 24.0 Å². The number of aromatic nitrogens is 1. The van der Waals surface area contributed by atoms with Gasteiger partial charge in [-0.1, -0.05) is 0 Å². The molecule has 1 aromatic heterocycles. The monoisotopic (exact) mass is 178 g/mol. The molecule has 1 aliphatic heterocycles. The van der Waals surface area contributed by atoms with Crippen molar-refractivity contribution in [1.29, 1.82) is 5.26 Å². The maximum Gasteiger partial charge on any atom is 0.223 e. The molecule has 4 nitrogen and oxygen atoms in total. The van der Waals surface area contributed by atoms with Gasteiger partial charge in [0.15, 0.2) is 0 Å². The highest BCUT2D eigenvalue weighted by molar-refractivity contribution is 5.13. The molecule has 1 saturated heterocycles. The van der Waals surface area contributed by atoms with E-state index >= 15 is 0 Å². The smallest absolute Gasteiger partial charge is 0.223 e. The van der Waals surface area contributed by atoms with Crippen LogP contribution in [0.3, 0.4) is 0 Å². The van der Waals surface area contributed by atoms with Crippen molar-refractivity contribution < 1.29 is 9.47 Å². The molecule has 0 amide bonds. The Hall–Kier alpha value is -1.31. The average molecular weight is 178 g/mol. The Morgan fingerprint density at radius 1 is 1.54 bits per heavy atom. The second-order valence-electron chi connectivity index (χ2n) is 2.87. The van der Waals surface area contributed by atoms with Gasteiger partial charge in [0.2, 0.25) is 5.79 Å². The first-order valence-corrected chi connectivity index (χ1v) is 4.16. The number of hydrogen-bond acceptors (Lipinski definition) is 3. The van der Waals surface area contributed by atoms with E-state index in [1.54, 1.807) is 6.20 Å². The molecule has 1 N–H and O–H groups in total. The highest BCUT2D eigenvalue weighted by Crippen LogP contribution is 2.33. The summed E-state index contributed by atoms with van der Waals surface area (Å²) in [4.78, 5) is 3.00. The van der Waals surface area contributed by atoms with Gasteiger partial charge in [0.1, 0.15) is 0 Å². The molecule has 4 heteroatoms. The van der Waals surface area contributed by atoms with Crippen LogP contribution in [0.4, 0.5) is 0 Å². The van der Waals surface area contributed by atoms with Crippen molar-refractivity contribution in [2.24, 2.45) is 0 Å². The minimum atomic E-state index is -0.849. The van der Waals surface area contributed by atoms with Gasteiger partial charge in [-0.2, -0.15) is 5.26 Å². The molecule has 0 atom stereocenters. The third-order valence-electron chi connectivity index (χ3n) is 2.07. The minimum absolute atomic E-state index is 0.216. The van der Waals surface area contributed by atoms with Gasteiger partial charge in [0.25, 0.3) is 0 Å². The number of nitrogens with one attached hydrogen (secondary N) is 1. The molecule has 1 aliphatic rings. The van der Waals surface area contributed by atoms with Crippen LogP contribution in [0.5, 0.6) is 0 Å². The van der Waals surface area contributed by atoms with E-state index in [-0.39, 0.29) is 6.42 Å². The molecule has 0 unspecified atom stereocenters. The summed E-state index contributed by atoms with van der Waals surface area (Å²) in [6, 6.07) is 5.79. The summed E-state index contributed by atoms with van der Waals surface area (Å²) >= 11 is 0. The summed E-state index contributed by atoms with van der Waals surface area (Å²) in [5, 5.41) is 8.67. The molecule has 0 aromatic carbocycles. The van der Waals surface area contributed by atoms with Gasteiger partial charge in [-0.25, -0.2) is 0 Å². The molecule has 2 heterocycles. The number of nitriles is 1. The lowest BCUT2D eigenvalue weighted by Gasteiger charge is -2.22. The van der Waals surface area contributed by atoms with Gasteiger partial charge >= 0.3 is 0 Å². The third-order valence-corrected chi connectivity index (χ3v) is 2.07. The molecule has 68 valence electrons. The maximum atomic E-state index is 8.67. The average Bonchev–Trinajstić information content (AvgIpc) is 2.73. The normalized spacial score (nSPS) is 19.9. The first kappa shape index (κ1) is 8.30. The van der Waals surface area contributed by atoms with E-state index in [9.17, 15) is 0 Å². The number of hydrogen-bond donors (Lipinski definition) is 1. The Balaban J connectivity index is 2.29. The number of aromatic amines is 1. The molecule has 2 rings (SSSR count). The van der Waals surface area contributed by atoms with E-state index in [1.807, 2.05) is 12.1 Å². The SMILES string of the molecule is N#CCC1(c2ccc[nH]2)OCCO1. The summed E-state index contributed by atoms with van der Waals surface area (Å²) in [6.07, 6.45) is 2.01. The Labute approximate surface area is 76.1 Å². The standard InChI is InChI=1S/C9H10N2O2/c10-4-3-9(12-6-7-13-9)8-2-1-5-11-8/h1-2,5,11H,3,6-7H2. The number of nitrogens with zero attached hydrogens (tertiary/aromatic N) is 1. The van der Waals surface area contributed by atoms with Crippen LogP contribution in [0.2, 0.25) is 0 Å². The van der Waals surface area contributed by atoms with Crippen molar-refractivity contribution in [2.45, 2.75) is 12.2 Å². The van der Waals surface area contributed by atoms with Crippen molar-refractivity contribution in [1.82, 2.24) is 4.98 Å². The topological polar surface area (TPSA) is 58.0 Å². The molecule has 0 saturated carbocycles. The Morgan fingerprint density at radius 2 is 2.31 bits per heavy atom. The lowest BCUT2D eigenvalue weighted by molar-refractivity contribution is -0.164. The Morgan fingerprint density at radius 3 is 2.85 bits per heavy atom. The van der Waals surface area contributed by atoms with Crippen LogP contribution in [0, 0.1) is 11.3 Å². The van der Waals surface area contributed by atoms with Gasteiger partial charge in [-0.05, 0) is 12.1 Å². The number of rotatable bonds is 2. The van der Waals surface area contributed by atoms with E-state index in [4.69, 9.17) is 14.7 Å². The number of ether oxygens (including phenoxy) is 2. The highest BCUT2D eigenvalue weighted by Gasteiger charge is 2.39. The van der Waals surface area contributed by atoms with Crippen LogP contribution in [-0.4, -0.2) is 18.2 Å². The van der Waals surface area contributed by atoms with Crippen LogP contribution in [0.1, 0.15) is 12.1 Å². The third kappa shape index (κ3) is 1.32. The van der Waals surface area contributed by atoms with Gasteiger partial charge in [-0.15, -0.1) is 0 Å². The largest absolute Gasteiger partial charge is 0.361 e. The van der Waals surface area contributed by atoms with Gasteiger partial charge in [0, 0.05) is 6.20 Å². The van der Waals surface area contributed by atoms with E-state index in [0.717, 1.165) is 5.69 Å². The maximum absolute atomic E-state index is 8.67. The van der Waals surface area contributed by atoms with Gasteiger partial charge in [-0.3, -0.25) is 0 Å². The van der Waals surface area contributed by atoms with Crippen LogP contribution in [0.25, 0.3) is 0 Å². The first-order valence-electron chi connectivity index (χ1n) is 4.16. The van der Waals surface area contributed by atoms with E-state index in [2.05, 4.69) is 11.1 Å². The van der Waals surface area contributed by atoms with Crippen LogP contribution in [0.15, 0.2) is 18.3 Å². The quantitative estimate of drug-likeness (QED) is 0.738. The molecule has 1 aromatic rings. The van der Waals surface area contributed by atoms with Crippen molar-refractivity contribution in [3.8, 4) is 6.07 Å². The van der Waals surface area contributed by atoms with Crippen LogP contribution < -0.4 is 0 Å². The Bertz CT molecular complexity index is 307. The first-order chi connectivity index (χ1) is 6.37. The fraction of sp³-hybridized carbons (Fsp3) is 0.444. The summed E-state index contributed by atoms with van der Waals surface area (Å²) in [7, 11) is 0. The zero-order chi connectivity index (χ0) is 9.15. The van der Waals surface area contributed by atoms with E-state index in [0.29, 0.717) is 13.2 Å². The predicted octanol–water partition coefficient (Wildman–Crippen LogP) is 1.13. The molecule has 0 aliphatic carbocycles. The van der Waals surface area contributed by atoms with Crippen molar-refractivity contribution in [3.63, 3.8) is 0 Å². The fourth-order valence-electron chi connectivity index (χ4n) is 1.48. The van der Waals surface area contributed by atoms with Crippen LogP contribution >= 0.6 is 0 Å². The molecule has 13 heavy (non-hydrogen) atoms. The number of H-pyrrole nitrogens is 1. The molecule has 0 radical (unpaired) electrons. The van der Waals surface area contributed by atoms with Crippen molar-refractivity contribution in [2.75, 3.05) is 13.2 Å². The zero-order valence-electron chi connectivity index (χ0n) is 7.12. The second-order valence-corrected chi connectivity index (χ2v) is 2.87. The second kappa shape index (κ2) is 3.21. The molecule has 0 bridgehead atoms. The molecule has 0 spiro atoms. The van der Waals surface area contributed by atoms with Crippen LogP contribution in [-0.2, 0) is 15.3 Å². The summed E-state index contributed by atoms with van der Waals surface area (Å²) in [5.74, 6) is -0.849. The van der Waals surface area contributed by atoms with Crippen molar-refractivity contribution >= 4 is 0 Å². The lowest BCUT2D eigenvalue weighted by atomic mass is 10.1.